The smallest absolute Gasteiger partial charge is 0.216 e. The van der Waals surface area contributed by atoms with Crippen molar-refractivity contribution in [3.05, 3.63) is 41.4 Å². The molecule has 1 heterocycles. The van der Waals surface area contributed by atoms with Crippen LogP contribution in [0.3, 0.4) is 0 Å². The standard InChI is InChI=1S/C16H22FN3O2/c1-12-18-19-16(22-12)8-5-13-11-14(6-7-15(13)17)21-10-4-9-20(2)3/h6-7,11H,4-5,8-10H2,1-3H3. The second kappa shape index (κ2) is 7.89. The second-order valence-electron chi connectivity index (χ2n) is 5.47. The first-order valence-corrected chi connectivity index (χ1v) is 7.39. The summed E-state index contributed by atoms with van der Waals surface area (Å²) in [6.45, 7) is 3.32. The van der Waals surface area contributed by atoms with Crippen LogP contribution < -0.4 is 4.74 Å². The van der Waals surface area contributed by atoms with Gasteiger partial charge in [0.05, 0.1) is 6.61 Å². The summed E-state index contributed by atoms with van der Waals surface area (Å²) in [4.78, 5) is 2.10. The number of hydrogen-bond acceptors (Lipinski definition) is 5. The Morgan fingerprint density at radius 1 is 1.23 bits per heavy atom. The summed E-state index contributed by atoms with van der Waals surface area (Å²) in [6.07, 6.45) is 1.95. The summed E-state index contributed by atoms with van der Waals surface area (Å²) >= 11 is 0. The summed E-state index contributed by atoms with van der Waals surface area (Å²) < 4.78 is 24.8. The Labute approximate surface area is 130 Å². The van der Waals surface area contributed by atoms with Crippen LogP contribution in [0.1, 0.15) is 23.8 Å². The molecule has 0 unspecified atom stereocenters. The molecule has 0 atom stereocenters. The molecule has 0 amide bonds. The van der Waals surface area contributed by atoms with Gasteiger partial charge in [-0.2, -0.15) is 0 Å². The van der Waals surface area contributed by atoms with Gasteiger partial charge in [0.1, 0.15) is 11.6 Å². The Balaban J connectivity index is 1.89. The van der Waals surface area contributed by atoms with E-state index in [1.807, 2.05) is 14.1 Å². The Hall–Kier alpha value is -1.95. The highest BCUT2D eigenvalue weighted by molar-refractivity contribution is 5.30. The lowest BCUT2D eigenvalue weighted by Crippen LogP contribution is -2.15. The third-order valence-corrected chi connectivity index (χ3v) is 3.21. The molecule has 0 aliphatic rings. The van der Waals surface area contributed by atoms with Crippen LogP contribution >= 0.6 is 0 Å². The Kier molecular flexibility index (Phi) is 5.89. The lowest BCUT2D eigenvalue weighted by molar-refractivity contribution is 0.281. The molecule has 22 heavy (non-hydrogen) atoms. The van der Waals surface area contributed by atoms with Crippen molar-refractivity contribution in [2.45, 2.75) is 26.2 Å². The van der Waals surface area contributed by atoms with Crippen LogP contribution in [0.15, 0.2) is 22.6 Å². The highest BCUT2D eigenvalue weighted by Crippen LogP contribution is 2.19. The maximum Gasteiger partial charge on any atom is 0.216 e. The molecule has 0 fully saturated rings. The minimum absolute atomic E-state index is 0.239. The number of benzene rings is 1. The molecule has 0 aliphatic heterocycles. The van der Waals surface area contributed by atoms with Crippen LogP contribution in [0.5, 0.6) is 5.75 Å². The summed E-state index contributed by atoms with van der Waals surface area (Å²) in [6, 6.07) is 4.84. The fraction of sp³-hybridized carbons (Fsp3) is 0.500. The predicted molar refractivity (Wildman–Crippen MR) is 81.5 cm³/mol. The van der Waals surface area contributed by atoms with Crippen molar-refractivity contribution in [1.82, 2.24) is 15.1 Å². The van der Waals surface area contributed by atoms with E-state index in [9.17, 15) is 4.39 Å². The molecule has 0 bridgehead atoms. The lowest BCUT2D eigenvalue weighted by Gasteiger charge is -2.11. The SMILES string of the molecule is Cc1nnc(CCc2cc(OCCCN(C)C)ccc2F)o1. The van der Waals surface area contributed by atoms with Gasteiger partial charge in [-0.1, -0.05) is 0 Å². The predicted octanol–water partition coefficient (Wildman–Crippen LogP) is 2.63. The Morgan fingerprint density at radius 2 is 2.05 bits per heavy atom. The van der Waals surface area contributed by atoms with Crippen molar-refractivity contribution in [1.29, 1.82) is 0 Å². The quantitative estimate of drug-likeness (QED) is 0.702. The van der Waals surface area contributed by atoms with Gasteiger partial charge in [-0.25, -0.2) is 4.39 Å². The number of ether oxygens (including phenoxy) is 1. The molecule has 2 rings (SSSR count). The van der Waals surface area contributed by atoms with Gasteiger partial charge in [0, 0.05) is 19.9 Å². The van der Waals surface area contributed by atoms with E-state index in [1.165, 1.54) is 6.07 Å². The summed E-state index contributed by atoms with van der Waals surface area (Å²) in [5.74, 6) is 1.50. The van der Waals surface area contributed by atoms with Crippen molar-refractivity contribution >= 4 is 0 Å². The van der Waals surface area contributed by atoms with Crippen LogP contribution in [0.2, 0.25) is 0 Å². The number of nitrogens with zero attached hydrogens (tertiary/aromatic N) is 3. The van der Waals surface area contributed by atoms with Crippen molar-refractivity contribution < 1.29 is 13.5 Å². The van der Waals surface area contributed by atoms with Crippen molar-refractivity contribution in [2.24, 2.45) is 0 Å². The van der Waals surface area contributed by atoms with Crippen molar-refractivity contribution in [2.75, 3.05) is 27.2 Å². The number of halogens is 1. The maximum atomic E-state index is 13.8. The van der Waals surface area contributed by atoms with Gasteiger partial charge < -0.3 is 14.1 Å². The van der Waals surface area contributed by atoms with E-state index in [0.29, 0.717) is 42.5 Å². The van der Waals surface area contributed by atoms with Crippen LogP contribution in [-0.4, -0.2) is 42.3 Å². The zero-order valence-electron chi connectivity index (χ0n) is 13.3. The third-order valence-electron chi connectivity index (χ3n) is 3.21. The van der Waals surface area contributed by atoms with Gasteiger partial charge >= 0.3 is 0 Å². The number of aryl methyl sites for hydroxylation is 3. The van der Waals surface area contributed by atoms with Gasteiger partial charge in [0.15, 0.2) is 0 Å². The first-order valence-electron chi connectivity index (χ1n) is 7.39. The monoisotopic (exact) mass is 307 g/mol. The van der Waals surface area contributed by atoms with Gasteiger partial charge in [-0.05, 0) is 50.7 Å². The van der Waals surface area contributed by atoms with Crippen molar-refractivity contribution in [3.8, 4) is 5.75 Å². The second-order valence-corrected chi connectivity index (χ2v) is 5.47. The first-order chi connectivity index (χ1) is 10.5. The minimum atomic E-state index is -0.239. The minimum Gasteiger partial charge on any atom is -0.494 e. The molecule has 1 aromatic carbocycles. The molecule has 0 aliphatic carbocycles. The molecule has 5 nitrogen and oxygen atoms in total. The third kappa shape index (κ3) is 5.11. The van der Waals surface area contributed by atoms with Gasteiger partial charge in [0.2, 0.25) is 11.8 Å². The molecule has 2 aromatic rings. The van der Waals surface area contributed by atoms with Gasteiger partial charge in [0.25, 0.3) is 0 Å². The molecule has 0 radical (unpaired) electrons. The number of hydrogen-bond donors (Lipinski definition) is 0. The number of aromatic nitrogens is 2. The van der Waals surface area contributed by atoms with E-state index in [0.717, 1.165) is 13.0 Å². The molecule has 0 saturated heterocycles. The largest absolute Gasteiger partial charge is 0.494 e. The average molecular weight is 307 g/mol. The molecule has 120 valence electrons. The molecule has 1 aromatic heterocycles. The molecule has 6 heteroatoms. The fourth-order valence-corrected chi connectivity index (χ4v) is 2.08. The van der Waals surface area contributed by atoms with E-state index < -0.39 is 0 Å². The van der Waals surface area contributed by atoms with Gasteiger partial charge in [-0.3, -0.25) is 0 Å². The maximum absolute atomic E-state index is 13.8. The average Bonchev–Trinajstić information content (AvgIpc) is 2.89. The molecule has 0 spiro atoms. The van der Waals surface area contributed by atoms with Crippen LogP contribution in [-0.2, 0) is 12.8 Å². The number of rotatable bonds is 8. The van der Waals surface area contributed by atoms with Gasteiger partial charge in [-0.15, -0.1) is 10.2 Å². The molecule has 0 saturated carbocycles. The molecular formula is C16H22FN3O2. The van der Waals surface area contributed by atoms with Crippen molar-refractivity contribution in [3.63, 3.8) is 0 Å². The first kappa shape index (κ1) is 16.4. The zero-order chi connectivity index (χ0) is 15.9. The Bertz CT molecular complexity index is 599. The van der Waals surface area contributed by atoms with Crippen LogP contribution in [0, 0.1) is 12.7 Å². The lowest BCUT2D eigenvalue weighted by atomic mass is 10.1. The van der Waals surface area contributed by atoms with E-state index in [1.54, 1.807) is 19.1 Å². The Morgan fingerprint density at radius 3 is 2.73 bits per heavy atom. The van der Waals surface area contributed by atoms with Crippen LogP contribution in [0.4, 0.5) is 4.39 Å². The van der Waals surface area contributed by atoms with E-state index in [2.05, 4.69) is 15.1 Å². The van der Waals surface area contributed by atoms with E-state index in [4.69, 9.17) is 9.15 Å². The topological polar surface area (TPSA) is 51.4 Å². The fourth-order valence-electron chi connectivity index (χ4n) is 2.08. The normalized spacial score (nSPS) is 11.1. The highest BCUT2D eigenvalue weighted by Gasteiger charge is 2.08. The molecular weight excluding hydrogens is 285 g/mol. The van der Waals surface area contributed by atoms with E-state index in [-0.39, 0.29) is 5.82 Å². The zero-order valence-corrected chi connectivity index (χ0v) is 13.3. The summed E-state index contributed by atoms with van der Waals surface area (Å²) in [5, 5.41) is 7.68. The molecule has 0 N–H and O–H groups in total. The summed E-state index contributed by atoms with van der Waals surface area (Å²) in [5.41, 5.74) is 0.598. The highest BCUT2D eigenvalue weighted by atomic mass is 19.1. The van der Waals surface area contributed by atoms with Crippen LogP contribution in [0.25, 0.3) is 0 Å². The summed E-state index contributed by atoms with van der Waals surface area (Å²) in [7, 11) is 4.05. The van der Waals surface area contributed by atoms with E-state index >= 15 is 0 Å².